The molecule has 0 radical (unpaired) electrons. The largest absolute Gasteiger partial charge is 0.385 e. The van der Waals surface area contributed by atoms with E-state index in [2.05, 4.69) is 29.2 Å². The molecule has 6 heteroatoms. The van der Waals surface area contributed by atoms with Crippen molar-refractivity contribution in [3.8, 4) is 0 Å². The van der Waals surface area contributed by atoms with Crippen molar-refractivity contribution in [2.24, 2.45) is 0 Å². The fourth-order valence-corrected chi connectivity index (χ4v) is 6.63. The number of anilines is 2. The highest BCUT2D eigenvalue weighted by atomic mass is 35.5. The monoisotopic (exact) mass is 636 g/mol. The average molecular weight is 638 g/mol. The van der Waals surface area contributed by atoms with Crippen molar-refractivity contribution in [1.29, 1.82) is 0 Å². The highest BCUT2D eigenvalue weighted by Gasteiger charge is 2.46. The molecule has 230 valence electrons. The van der Waals surface area contributed by atoms with Crippen molar-refractivity contribution < 1.29 is 9.90 Å². The van der Waals surface area contributed by atoms with Crippen LogP contribution in [0.1, 0.15) is 36.0 Å². The zero-order valence-corrected chi connectivity index (χ0v) is 26.7. The Hall–Kier alpha value is -3.93. The SMILES string of the molecule is Cl.O=C(N(c1ccccc1)c1ccccc1)C(CCN1CCC(O)(c2ccc(Cl)cc2)CC1)(c1ccccc1)c1ccccc1. The summed E-state index contributed by atoms with van der Waals surface area (Å²) in [5.41, 5.74) is 2.63. The molecule has 1 fully saturated rings. The summed E-state index contributed by atoms with van der Waals surface area (Å²) in [6.45, 7) is 2.16. The van der Waals surface area contributed by atoms with E-state index < -0.39 is 11.0 Å². The van der Waals surface area contributed by atoms with Crippen LogP contribution in [0.15, 0.2) is 146 Å². The lowest BCUT2D eigenvalue weighted by atomic mass is 9.70. The number of carbonyl (C=O) groups is 1. The lowest BCUT2D eigenvalue weighted by Gasteiger charge is -2.42. The number of benzene rings is 5. The summed E-state index contributed by atoms with van der Waals surface area (Å²) >= 11 is 6.11. The number of halogens is 2. The van der Waals surface area contributed by atoms with Crippen LogP contribution in [-0.4, -0.2) is 35.5 Å². The fraction of sp³-hybridized carbons (Fsp3) is 0.205. The number of carbonyl (C=O) groups excluding carboxylic acids is 1. The fourth-order valence-electron chi connectivity index (χ4n) is 6.50. The predicted octanol–water partition coefficient (Wildman–Crippen LogP) is 8.79. The Bertz CT molecular complexity index is 1560. The average Bonchev–Trinajstić information content (AvgIpc) is 3.08. The zero-order valence-electron chi connectivity index (χ0n) is 25.1. The molecule has 0 aromatic heterocycles. The topological polar surface area (TPSA) is 43.8 Å². The predicted molar refractivity (Wildman–Crippen MR) is 187 cm³/mol. The van der Waals surface area contributed by atoms with Crippen LogP contribution in [0.3, 0.4) is 0 Å². The summed E-state index contributed by atoms with van der Waals surface area (Å²) in [6, 6.07) is 47.7. The smallest absolute Gasteiger partial charge is 0.246 e. The molecule has 0 aliphatic carbocycles. The normalized spacial score (nSPS) is 14.7. The third-order valence-corrected chi connectivity index (χ3v) is 9.25. The molecule has 0 bridgehead atoms. The van der Waals surface area contributed by atoms with Crippen molar-refractivity contribution in [3.63, 3.8) is 0 Å². The Labute approximate surface area is 277 Å². The standard InChI is InChI=1S/C39H37ClN2O2.ClH/c40-34-23-21-31(22-24-34)38(44)25-28-41(29-26-38)30-27-39(32-13-5-1-6-14-32,33-15-7-2-8-16-33)37(43)42(35-17-9-3-10-18-35)36-19-11-4-12-20-36;/h1-24,44H,25-30H2;1H. The summed E-state index contributed by atoms with van der Waals surface area (Å²) in [6.07, 6.45) is 1.81. The van der Waals surface area contributed by atoms with Crippen molar-refractivity contribution in [3.05, 3.63) is 167 Å². The van der Waals surface area contributed by atoms with E-state index in [4.69, 9.17) is 11.6 Å². The first kappa shape index (κ1) is 32.5. The third-order valence-electron chi connectivity index (χ3n) is 9.00. The molecule has 1 amide bonds. The van der Waals surface area contributed by atoms with E-state index in [0.717, 1.165) is 41.2 Å². The summed E-state index contributed by atoms with van der Waals surface area (Å²) in [7, 11) is 0. The van der Waals surface area contributed by atoms with Crippen LogP contribution in [0.25, 0.3) is 0 Å². The number of piperidine rings is 1. The number of hydrogen-bond acceptors (Lipinski definition) is 3. The molecule has 1 saturated heterocycles. The van der Waals surface area contributed by atoms with Crippen molar-refractivity contribution in [1.82, 2.24) is 4.90 Å². The van der Waals surface area contributed by atoms with Crippen LogP contribution >= 0.6 is 24.0 Å². The van der Waals surface area contributed by atoms with E-state index in [1.807, 2.05) is 126 Å². The minimum atomic E-state index is -0.960. The Kier molecular flexibility index (Phi) is 10.4. The second kappa shape index (κ2) is 14.4. The van der Waals surface area contributed by atoms with Gasteiger partial charge in [-0.15, -0.1) is 12.4 Å². The molecule has 5 aromatic carbocycles. The molecule has 6 rings (SSSR count). The molecular formula is C39H38Cl2N2O2. The van der Waals surface area contributed by atoms with Gasteiger partial charge in [-0.2, -0.15) is 0 Å². The van der Waals surface area contributed by atoms with Crippen LogP contribution in [0.4, 0.5) is 11.4 Å². The number of hydrogen-bond donors (Lipinski definition) is 1. The molecule has 45 heavy (non-hydrogen) atoms. The number of likely N-dealkylation sites (tertiary alicyclic amines) is 1. The molecule has 1 aliphatic rings. The van der Waals surface area contributed by atoms with Gasteiger partial charge in [-0.3, -0.25) is 9.69 Å². The maximum atomic E-state index is 15.4. The van der Waals surface area contributed by atoms with Gasteiger partial charge in [0.05, 0.1) is 5.60 Å². The van der Waals surface area contributed by atoms with Gasteiger partial charge in [0.25, 0.3) is 0 Å². The summed E-state index contributed by atoms with van der Waals surface area (Å²) in [5, 5.41) is 12.2. The minimum Gasteiger partial charge on any atom is -0.385 e. The number of amides is 1. The van der Waals surface area contributed by atoms with Gasteiger partial charge < -0.3 is 10.0 Å². The van der Waals surface area contributed by atoms with Crippen molar-refractivity contribution in [2.75, 3.05) is 24.5 Å². The third kappa shape index (κ3) is 6.85. The van der Waals surface area contributed by atoms with Crippen LogP contribution in [-0.2, 0) is 15.8 Å². The highest BCUT2D eigenvalue weighted by Crippen LogP contribution is 2.42. The van der Waals surface area contributed by atoms with Crippen molar-refractivity contribution >= 4 is 41.3 Å². The Morgan fingerprint density at radius 2 is 1.11 bits per heavy atom. The van der Waals surface area contributed by atoms with E-state index in [-0.39, 0.29) is 18.3 Å². The van der Waals surface area contributed by atoms with E-state index in [1.165, 1.54) is 0 Å². The lowest BCUT2D eigenvalue weighted by Crippen LogP contribution is -2.49. The first-order valence-electron chi connectivity index (χ1n) is 15.3. The highest BCUT2D eigenvalue weighted by molar-refractivity contribution is 6.30. The van der Waals surface area contributed by atoms with Gasteiger partial charge >= 0.3 is 0 Å². The summed E-state index contributed by atoms with van der Waals surface area (Å²) < 4.78 is 0. The molecule has 5 aromatic rings. The number of aliphatic hydroxyl groups is 1. The number of para-hydroxylation sites is 2. The van der Waals surface area contributed by atoms with Crippen molar-refractivity contribution in [2.45, 2.75) is 30.3 Å². The maximum Gasteiger partial charge on any atom is 0.246 e. The Morgan fingerprint density at radius 1 is 0.689 bits per heavy atom. The van der Waals surface area contributed by atoms with Gasteiger partial charge in [0.1, 0.15) is 5.41 Å². The Balaban J connectivity index is 0.00000400. The van der Waals surface area contributed by atoms with E-state index in [0.29, 0.717) is 30.8 Å². The maximum absolute atomic E-state index is 15.4. The molecule has 1 aliphatic heterocycles. The summed E-state index contributed by atoms with van der Waals surface area (Å²) in [4.78, 5) is 19.7. The molecule has 0 spiro atoms. The molecule has 1 N–H and O–H groups in total. The first-order valence-corrected chi connectivity index (χ1v) is 15.6. The second-order valence-electron chi connectivity index (χ2n) is 11.6. The van der Waals surface area contributed by atoms with Crippen LogP contribution in [0.2, 0.25) is 5.02 Å². The van der Waals surface area contributed by atoms with Gasteiger partial charge in [0.15, 0.2) is 0 Å². The van der Waals surface area contributed by atoms with Crippen LogP contribution < -0.4 is 4.90 Å². The molecule has 0 unspecified atom stereocenters. The van der Waals surface area contributed by atoms with Gasteiger partial charge in [0, 0.05) is 29.5 Å². The molecule has 4 nitrogen and oxygen atoms in total. The minimum absolute atomic E-state index is 0. The van der Waals surface area contributed by atoms with Gasteiger partial charge in [-0.1, -0.05) is 121 Å². The number of nitrogens with zero attached hydrogens (tertiary/aromatic N) is 2. The second-order valence-corrected chi connectivity index (χ2v) is 12.0. The van der Waals surface area contributed by atoms with Gasteiger partial charge in [-0.25, -0.2) is 0 Å². The molecule has 0 atom stereocenters. The van der Waals surface area contributed by atoms with Gasteiger partial charge in [0.2, 0.25) is 5.91 Å². The van der Waals surface area contributed by atoms with E-state index in [1.54, 1.807) is 0 Å². The molecular weight excluding hydrogens is 599 g/mol. The molecule has 1 heterocycles. The van der Waals surface area contributed by atoms with Crippen LogP contribution in [0.5, 0.6) is 0 Å². The lowest BCUT2D eigenvalue weighted by molar-refractivity contribution is -0.122. The van der Waals surface area contributed by atoms with E-state index in [9.17, 15) is 5.11 Å². The van der Waals surface area contributed by atoms with Crippen LogP contribution in [0, 0.1) is 0 Å². The quantitative estimate of drug-likeness (QED) is 0.176. The first-order chi connectivity index (χ1) is 21.5. The number of rotatable bonds is 9. The summed E-state index contributed by atoms with van der Waals surface area (Å²) in [5.74, 6) is 0.00183. The molecule has 0 saturated carbocycles. The van der Waals surface area contributed by atoms with Gasteiger partial charge in [-0.05, 0) is 78.9 Å². The van der Waals surface area contributed by atoms with E-state index >= 15 is 4.79 Å². The zero-order chi connectivity index (χ0) is 30.4. The Morgan fingerprint density at radius 3 is 1.56 bits per heavy atom.